The van der Waals surface area contributed by atoms with Crippen molar-refractivity contribution in [3.8, 4) is 0 Å². The first-order valence-electron chi connectivity index (χ1n) is 2.31. The lowest BCUT2D eigenvalue weighted by Gasteiger charge is -1.96. The molecule has 0 aliphatic carbocycles. The Hall–Kier alpha value is -0.820. The van der Waals surface area contributed by atoms with Gasteiger partial charge in [0.1, 0.15) is 0 Å². The van der Waals surface area contributed by atoms with Gasteiger partial charge >= 0.3 is 11.9 Å². The molecule has 0 radical (unpaired) electrons. The first-order chi connectivity index (χ1) is 5.54. The predicted molar refractivity (Wildman–Crippen MR) is 36.2 cm³/mol. The van der Waals surface area contributed by atoms with Crippen molar-refractivity contribution in [2.45, 2.75) is 0 Å². The molecule has 0 atom stereocenters. The molecule has 0 heterocycles. The molecule has 0 aromatic heterocycles. The summed E-state index contributed by atoms with van der Waals surface area (Å²) in [5.74, 6) is -2.88. The summed E-state index contributed by atoms with van der Waals surface area (Å²) in [6, 6.07) is 0. The molecule has 68 valence electrons. The first kappa shape index (κ1) is 11.2. The zero-order valence-corrected chi connectivity index (χ0v) is 6.80. The van der Waals surface area contributed by atoms with E-state index < -0.39 is 22.0 Å². The second-order valence-corrected chi connectivity index (χ2v) is 2.14. The normalized spacial score (nSPS) is 11.7. The molecule has 0 aliphatic heterocycles. The molecule has 0 saturated carbocycles. The minimum absolute atomic E-state index is 0.904. The fraction of sp³-hybridized carbons (Fsp3) is 0. The van der Waals surface area contributed by atoms with E-state index >= 15 is 0 Å². The molecule has 0 aromatic rings. The van der Waals surface area contributed by atoms with Gasteiger partial charge in [-0.15, -0.1) is 0 Å². The van der Waals surface area contributed by atoms with Crippen molar-refractivity contribution in [2.24, 2.45) is 0 Å². The molecule has 0 aliphatic rings. The second kappa shape index (κ2) is 4.94. The average Bonchev–Trinajstić information content (AvgIpc) is 2.12. The molecule has 0 fully saturated rings. The van der Waals surface area contributed by atoms with Crippen LogP contribution in [0.2, 0.25) is 0 Å². The fourth-order valence-corrected chi connectivity index (χ4v) is 0.483. The molecule has 0 spiro atoms. The van der Waals surface area contributed by atoms with Crippen LogP contribution in [0.25, 0.3) is 0 Å². The highest BCUT2D eigenvalue weighted by molar-refractivity contribution is 6.52. The van der Waals surface area contributed by atoms with Crippen molar-refractivity contribution >= 4 is 35.1 Å². The van der Waals surface area contributed by atoms with Gasteiger partial charge in [-0.25, -0.2) is 9.59 Å². The third-order valence-electron chi connectivity index (χ3n) is 0.717. The maximum absolute atomic E-state index is 10.3. The molecule has 2 N–H and O–H groups in total. The van der Waals surface area contributed by atoms with Crippen LogP contribution in [-0.2, 0) is 19.4 Å². The number of carbonyl (C=O) groups excluding carboxylic acids is 2. The van der Waals surface area contributed by atoms with E-state index in [4.69, 9.17) is 33.7 Å². The van der Waals surface area contributed by atoms with E-state index in [-0.39, 0.29) is 0 Å². The van der Waals surface area contributed by atoms with E-state index in [9.17, 15) is 9.59 Å². The van der Waals surface area contributed by atoms with Crippen LogP contribution in [-0.4, -0.2) is 22.5 Å². The number of halogens is 2. The minimum atomic E-state index is -1.44. The maximum atomic E-state index is 10.3. The lowest BCUT2D eigenvalue weighted by Crippen LogP contribution is -2.08. The van der Waals surface area contributed by atoms with E-state index in [2.05, 4.69) is 9.78 Å². The van der Waals surface area contributed by atoms with Crippen molar-refractivity contribution in [2.75, 3.05) is 0 Å². The molecule has 12 heavy (non-hydrogen) atoms. The van der Waals surface area contributed by atoms with Gasteiger partial charge in [-0.1, -0.05) is 23.2 Å². The zero-order valence-electron chi connectivity index (χ0n) is 5.28. The van der Waals surface area contributed by atoms with Gasteiger partial charge in [0, 0.05) is 0 Å². The van der Waals surface area contributed by atoms with E-state index in [0.29, 0.717) is 0 Å². The SMILES string of the molecule is O=C(OO)/C(Cl)=C(/Cl)C(=O)OO. The van der Waals surface area contributed by atoms with E-state index in [1.807, 2.05) is 0 Å². The lowest BCUT2D eigenvalue weighted by molar-refractivity contribution is -0.231. The van der Waals surface area contributed by atoms with E-state index in [1.165, 1.54) is 0 Å². The molecular weight excluding hydrogens is 215 g/mol. The van der Waals surface area contributed by atoms with Crippen LogP contribution < -0.4 is 0 Å². The highest BCUT2D eigenvalue weighted by atomic mass is 35.5. The number of hydrogen-bond acceptors (Lipinski definition) is 6. The maximum Gasteiger partial charge on any atom is 0.385 e. The van der Waals surface area contributed by atoms with Crippen LogP contribution in [0.3, 0.4) is 0 Å². The van der Waals surface area contributed by atoms with Crippen molar-refractivity contribution < 1.29 is 29.9 Å². The van der Waals surface area contributed by atoms with Gasteiger partial charge in [0.05, 0.1) is 0 Å². The molecule has 0 saturated heterocycles. The highest BCUT2D eigenvalue weighted by Gasteiger charge is 2.20. The Bertz CT molecular complexity index is 210. The van der Waals surface area contributed by atoms with Crippen molar-refractivity contribution in [1.29, 1.82) is 0 Å². The van der Waals surface area contributed by atoms with Crippen molar-refractivity contribution in [3.05, 3.63) is 10.1 Å². The van der Waals surface area contributed by atoms with Crippen molar-refractivity contribution in [3.63, 3.8) is 0 Å². The van der Waals surface area contributed by atoms with Crippen LogP contribution in [0.15, 0.2) is 10.1 Å². The van der Waals surface area contributed by atoms with Crippen LogP contribution >= 0.6 is 23.2 Å². The van der Waals surface area contributed by atoms with Crippen LogP contribution in [0.4, 0.5) is 0 Å². The van der Waals surface area contributed by atoms with Crippen LogP contribution in [0.1, 0.15) is 0 Å². The summed E-state index contributed by atoms with van der Waals surface area (Å²) in [7, 11) is 0. The fourth-order valence-electron chi connectivity index (χ4n) is 0.259. The third-order valence-corrected chi connectivity index (χ3v) is 1.50. The van der Waals surface area contributed by atoms with Crippen LogP contribution in [0, 0.1) is 0 Å². The Kier molecular flexibility index (Phi) is 4.60. The summed E-state index contributed by atoms with van der Waals surface area (Å²) < 4.78 is 0. The molecule has 0 unspecified atom stereocenters. The summed E-state index contributed by atoms with van der Waals surface area (Å²) >= 11 is 10.1. The van der Waals surface area contributed by atoms with Crippen LogP contribution in [0.5, 0.6) is 0 Å². The molecule has 0 bridgehead atoms. The standard InChI is InChI=1S/C4H2Cl2O6/c5-1(3(7)11-9)2(6)4(8)12-10/h9-10H/b2-1-. The first-order valence-corrected chi connectivity index (χ1v) is 3.07. The molecule has 0 aromatic carbocycles. The Morgan fingerprint density at radius 2 is 1.17 bits per heavy atom. The lowest BCUT2D eigenvalue weighted by atomic mass is 10.5. The summed E-state index contributed by atoms with van der Waals surface area (Å²) in [5, 5.41) is 13.7. The highest BCUT2D eigenvalue weighted by Crippen LogP contribution is 2.16. The quantitative estimate of drug-likeness (QED) is 0.401. The number of rotatable bonds is 2. The van der Waals surface area contributed by atoms with E-state index in [0.717, 1.165) is 0 Å². The Balaban J connectivity index is 4.68. The molecule has 6 nitrogen and oxygen atoms in total. The Morgan fingerprint density at radius 1 is 0.917 bits per heavy atom. The Labute approximate surface area is 75.7 Å². The smallest absolute Gasteiger partial charge is 0.294 e. The number of carbonyl (C=O) groups is 2. The minimum Gasteiger partial charge on any atom is -0.294 e. The third kappa shape index (κ3) is 2.67. The van der Waals surface area contributed by atoms with E-state index in [1.54, 1.807) is 0 Å². The van der Waals surface area contributed by atoms with Gasteiger partial charge in [0.2, 0.25) is 0 Å². The van der Waals surface area contributed by atoms with Gasteiger partial charge in [-0.3, -0.25) is 9.78 Å². The zero-order chi connectivity index (χ0) is 9.72. The van der Waals surface area contributed by atoms with Gasteiger partial charge < -0.3 is 0 Å². The molecule has 0 amide bonds. The summed E-state index contributed by atoms with van der Waals surface area (Å²) in [5.41, 5.74) is 0. The van der Waals surface area contributed by atoms with Gasteiger partial charge in [-0.2, -0.15) is 10.5 Å². The number of hydrogen-bond donors (Lipinski definition) is 2. The average molecular weight is 217 g/mol. The van der Waals surface area contributed by atoms with Gasteiger partial charge in [0.15, 0.2) is 10.1 Å². The van der Waals surface area contributed by atoms with Gasteiger partial charge in [-0.05, 0) is 0 Å². The second-order valence-electron chi connectivity index (χ2n) is 1.39. The van der Waals surface area contributed by atoms with Gasteiger partial charge in [0.25, 0.3) is 0 Å². The Morgan fingerprint density at radius 3 is 1.33 bits per heavy atom. The van der Waals surface area contributed by atoms with Crippen molar-refractivity contribution in [1.82, 2.24) is 0 Å². The molecular formula is C4H2Cl2O6. The summed E-state index contributed by atoms with van der Waals surface area (Å²) in [6.07, 6.45) is 0. The largest absolute Gasteiger partial charge is 0.385 e. The topological polar surface area (TPSA) is 93.1 Å². The summed E-state index contributed by atoms with van der Waals surface area (Å²) in [6.45, 7) is 0. The molecule has 8 heteroatoms. The predicted octanol–water partition coefficient (Wildman–Crippen LogP) is 0.708. The summed E-state index contributed by atoms with van der Waals surface area (Å²) in [4.78, 5) is 26.9. The molecule has 0 rings (SSSR count). The monoisotopic (exact) mass is 216 g/mol.